The second-order valence-electron chi connectivity index (χ2n) is 7.92. The van der Waals surface area contributed by atoms with Crippen molar-refractivity contribution in [3.63, 3.8) is 0 Å². The first-order valence-corrected chi connectivity index (χ1v) is 10.3. The average Bonchev–Trinajstić information content (AvgIpc) is 3.38. The third-order valence-corrected chi connectivity index (χ3v) is 5.97. The van der Waals surface area contributed by atoms with Crippen molar-refractivity contribution in [3.8, 4) is 0 Å². The van der Waals surface area contributed by atoms with E-state index in [2.05, 4.69) is 28.5 Å². The number of hydrogen-bond donors (Lipinski definition) is 1. The molecule has 2 aromatic carbocycles. The summed E-state index contributed by atoms with van der Waals surface area (Å²) in [6.07, 6.45) is 5.57. The van der Waals surface area contributed by atoms with Gasteiger partial charge in [0.1, 0.15) is 5.52 Å². The lowest BCUT2D eigenvalue weighted by Crippen LogP contribution is -2.44. The predicted octanol–water partition coefficient (Wildman–Crippen LogP) is 4.41. The van der Waals surface area contributed by atoms with Gasteiger partial charge in [0.2, 0.25) is 0 Å². The maximum Gasteiger partial charge on any atom is 0.317 e. The fourth-order valence-corrected chi connectivity index (χ4v) is 4.45. The molecule has 2 aliphatic rings. The molecule has 1 aliphatic carbocycles. The Bertz CT molecular complexity index is 977. The molecule has 2 amide bonds. The van der Waals surface area contributed by atoms with Crippen molar-refractivity contribution >= 4 is 17.1 Å². The number of benzene rings is 2. The average molecular weight is 375 g/mol. The maximum atomic E-state index is 12.7. The summed E-state index contributed by atoms with van der Waals surface area (Å²) >= 11 is 0. The van der Waals surface area contributed by atoms with E-state index in [-0.39, 0.29) is 11.9 Å². The Balaban J connectivity index is 1.22. The first-order chi connectivity index (χ1) is 13.8. The van der Waals surface area contributed by atoms with Crippen molar-refractivity contribution in [2.75, 3.05) is 13.1 Å². The van der Waals surface area contributed by atoms with Gasteiger partial charge in [-0.15, -0.1) is 0 Å². The second kappa shape index (κ2) is 7.30. The minimum Gasteiger partial charge on any atom is -0.440 e. The number of fused-ring (bicyclic) bond motifs is 2. The second-order valence-corrected chi connectivity index (χ2v) is 7.92. The molecule has 1 saturated heterocycles. The molecular formula is C23H25N3O2. The topological polar surface area (TPSA) is 58.4 Å². The van der Waals surface area contributed by atoms with Gasteiger partial charge >= 0.3 is 6.03 Å². The number of para-hydroxylation sites is 2. The van der Waals surface area contributed by atoms with E-state index in [1.807, 2.05) is 29.2 Å². The number of carbonyl (C=O) groups is 1. The number of carbonyl (C=O) groups excluding carboxylic acids is 1. The van der Waals surface area contributed by atoms with Crippen LogP contribution in [-0.2, 0) is 19.4 Å². The van der Waals surface area contributed by atoms with Gasteiger partial charge in [-0.05, 0) is 60.9 Å². The summed E-state index contributed by atoms with van der Waals surface area (Å²) in [6.45, 7) is 2.02. The van der Waals surface area contributed by atoms with Crippen molar-refractivity contribution in [1.29, 1.82) is 0 Å². The summed E-state index contributed by atoms with van der Waals surface area (Å²) in [5.41, 5.74) is 5.79. The monoisotopic (exact) mass is 375 g/mol. The zero-order valence-electron chi connectivity index (χ0n) is 16.0. The van der Waals surface area contributed by atoms with Crippen LogP contribution in [0, 0.1) is 0 Å². The minimum absolute atomic E-state index is 0.00121. The van der Waals surface area contributed by atoms with Gasteiger partial charge in [-0.1, -0.05) is 30.3 Å². The van der Waals surface area contributed by atoms with Crippen LogP contribution in [0.3, 0.4) is 0 Å². The quantitative estimate of drug-likeness (QED) is 0.738. The Morgan fingerprint density at radius 1 is 1.14 bits per heavy atom. The molecule has 144 valence electrons. The van der Waals surface area contributed by atoms with E-state index in [9.17, 15) is 4.79 Å². The zero-order valence-corrected chi connectivity index (χ0v) is 16.0. The Kier molecular flexibility index (Phi) is 4.51. The number of piperidine rings is 1. The highest BCUT2D eigenvalue weighted by atomic mass is 16.3. The number of nitrogens with zero attached hydrogens (tertiary/aromatic N) is 2. The molecule has 0 bridgehead atoms. The first-order valence-electron chi connectivity index (χ1n) is 10.3. The summed E-state index contributed by atoms with van der Waals surface area (Å²) in [6, 6.07) is 14.4. The van der Waals surface area contributed by atoms with E-state index < -0.39 is 0 Å². The van der Waals surface area contributed by atoms with Crippen LogP contribution >= 0.6 is 0 Å². The van der Waals surface area contributed by atoms with Crippen LogP contribution in [0.25, 0.3) is 11.1 Å². The molecule has 1 fully saturated rings. The van der Waals surface area contributed by atoms with E-state index in [0.29, 0.717) is 13.1 Å². The van der Waals surface area contributed by atoms with Crippen LogP contribution < -0.4 is 5.32 Å². The molecule has 2 heterocycles. The Hall–Kier alpha value is -2.82. The molecule has 1 aliphatic heterocycles. The number of oxazole rings is 1. The molecule has 5 rings (SSSR count). The fraction of sp³-hybridized carbons (Fsp3) is 0.391. The molecule has 3 aromatic rings. The Morgan fingerprint density at radius 3 is 2.96 bits per heavy atom. The van der Waals surface area contributed by atoms with Gasteiger partial charge in [-0.3, -0.25) is 0 Å². The van der Waals surface area contributed by atoms with E-state index >= 15 is 0 Å². The van der Waals surface area contributed by atoms with Crippen LogP contribution in [-0.4, -0.2) is 29.0 Å². The zero-order chi connectivity index (χ0) is 18.9. The number of nitrogens with one attached hydrogen (secondary N) is 1. The number of hydrogen-bond acceptors (Lipinski definition) is 3. The Morgan fingerprint density at radius 2 is 2.04 bits per heavy atom. The molecule has 5 heteroatoms. The van der Waals surface area contributed by atoms with Crippen LogP contribution in [0.5, 0.6) is 0 Å². The molecule has 0 radical (unpaired) electrons. The summed E-state index contributed by atoms with van der Waals surface area (Å²) in [5.74, 6) is 0.907. The number of amides is 2. The highest BCUT2D eigenvalue weighted by Gasteiger charge is 2.28. The molecule has 1 atom stereocenters. The van der Waals surface area contributed by atoms with Crippen molar-refractivity contribution in [3.05, 3.63) is 65.0 Å². The summed E-state index contributed by atoms with van der Waals surface area (Å²) in [7, 11) is 0. The smallest absolute Gasteiger partial charge is 0.317 e. The van der Waals surface area contributed by atoms with Crippen molar-refractivity contribution in [2.24, 2.45) is 0 Å². The van der Waals surface area contributed by atoms with Gasteiger partial charge in [0.05, 0.1) is 5.92 Å². The van der Waals surface area contributed by atoms with E-state index in [0.717, 1.165) is 42.8 Å². The number of aromatic nitrogens is 1. The molecule has 1 aromatic heterocycles. The lowest BCUT2D eigenvalue weighted by Gasteiger charge is -2.31. The minimum atomic E-state index is 0.00121. The van der Waals surface area contributed by atoms with Crippen molar-refractivity contribution < 1.29 is 9.21 Å². The van der Waals surface area contributed by atoms with E-state index in [1.165, 1.54) is 29.5 Å². The van der Waals surface area contributed by atoms with Crippen molar-refractivity contribution in [1.82, 2.24) is 15.2 Å². The van der Waals surface area contributed by atoms with Gasteiger partial charge in [-0.2, -0.15) is 0 Å². The van der Waals surface area contributed by atoms with Crippen LogP contribution in [0.2, 0.25) is 0 Å². The maximum absolute atomic E-state index is 12.7. The van der Waals surface area contributed by atoms with Crippen LogP contribution in [0.1, 0.15) is 47.8 Å². The number of rotatable bonds is 3. The predicted molar refractivity (Wildman–Crippen MR) is 108 cm³/mol. The molecule has 5 nitrogen and oxygen atoms in total. The molecule has 28 heavy (non-hydrogen) atoms. The number of aryl methyl sites for hydroxylation is 2. The summed E-state index contributed by atoms with van der Waals surface area (Å²) in [4.78, 5) is 19.2. The molecular weight excluding hydrogens is 350 g/mol. The fourth-order valence-electron chi connectivity index (χ4n) is 4.45. The van der Waals surface area contributed by atoms with Crippen molar-refractivity contribution in [2.45, 2.75) is 44.6 Å². The van der Waals surface area contributed by atoms with Gasteiger partial charge in [0.25, 0.3) is 0 Å². The third-order valence-electron chi connectivity index (χ3n) is 5.97. The summed E-state index contributed by atoms with van der Waals surface area (Å²) in [5, 5.41) is 3.09. The normalized spacial score (nSPS) is 19.0. The van der Waals surface area contributed by atoms with Gasteiger partial charge in [0.15, 0.2) is 11.5 Å². The molecule has 0 spiro atoms. The summed E-state index contributed by atoms with van der Waals surface area (Å²) < 4.78 is 5.94. The number of urea groups is 1. The lowest BCUT2D eigenvalue weighted by atomic mass is 9.98. The van der Waals surface area contributed by atoms with Gasteiger partial charge < -0.3 is 14.6 Å². The van der Waals surface area contributed by atoms with Crippen LogP contribution in [0.4, 0.5) is 4.79 Å². The third kappa shape index (κ3) is 3.37. The molecule has 0 saturated carbocycles. The van der Waals surface area contributed by atoms with E-state index in [1.54, 1.807) is 0 Å². The van der Waals surface area contributed by atoms with Gasteiger partial charge in [0, 0.05) is 19.6 Å². The van der Waals surface area contributed by atoms with E-state index in [4.69, 9.17) is 4.42 Å². The first kappa shape index (κ1) is 17.3. The molecule has 1 unspecified atom stereocenters. The highest BCUT2D eigenvalue weighted by molar-refractivity contribution is 5.74. The number of likely N-dealkylation sites (tertiary alicyclic amines) is 1. The van der Waals surface area contributed by atoms with Gasteiger partial charge in [-0.25, -0.2) is 9.78 Å². The largest absolute Gasteiger partial charge is 0.440 e. The van der Waals surface area contributed by atoms with Crippen LogP contribution in [0.15, 0.2) is 46.9 Å². The molecule has 1 N–H and O–H groups in total. The standard InChI is InChI=1S/C23H25N3O2/c27-23(24-14-16-10-11-17-5-3-6-18(17)13-16)26-12-4-7-19(15-26)22-25-20-8-1-2-9-21(20)28-22/h1-2,8-11,13,19H,3-7,12,14-15H2,(H,24,27). The Labute approximate surface area is 164 Å². The SMILES string of the molecule is O=C(NCc1ccc2c(c1)CCC2)N1CCCC(c2nc3ccccc3o2)C1. The lowest BCUT2D eigenvalue weighted by molar-refractivity contribution is 0.174. The highest BCUT2D eigenvalue weighted by Crippen LogP contribution is 2.29.